The van der Waals surface area contributed by atoms with Gasteiger partial charge in [-0.3, -0.25) is 4.99 Å². The molecule has 2 nitrogen and oxygen atoms in total. The lowest BCUT2D eigenvalue weighted by molar-refractivity contribution is 0.318. The predicted molar refractivity (Wildman–Crippen MR) is 93.2 cm³/mol. The van der Waals surface area contributed by atoms with Gasteiger partial charge in [0.15, 0.2) is 5.17 Å². The van der Waals surface area contributed by atoms with Gasteiger partial charge < -0.3 is 5.32 Å². The summed E-state index contributed by atoms with van der Waals surface area (Å²) in [5.41, 5.74) is 1.55. The molecule has 1 aromatic heterocycles. The minimum absolute atomic E-state index is 0.410. The van der Waals surface area contributed by atoms with Gasteiger partial charge in [-0.25, -0.2) is 0 Å². The third-order valence-electron chi connectivity index (χ3n) is 4.28. The van der Waals surface area contributed by atoms with E-state index in [1.54, 1.807) is 11.3 Å². The van der Waals surface area contributed by atoms with Crippen LogP contribution in [0.4, 0.5) is 5.69 Å². The Balaban J connectivity index is 1.73. The van der Waals surface area contributed by atoms with Crippen LogP contribution in [0.1, 0.15) is 26.7 Å². The van der Waals surface area contributed by atoms with E-state index in [0.29, 0.717) is 5.41 Å². The van der Waals surface area contributed by atoms with Crippen molar-refractivity contribution in [3.05, 3.63) is 29.6 Å². The third kappa shape index (κ3) is 2.72. The van der Waals surface area contributed by atoms with Crippen LogP contribution < -0.4 is 5.32 Å². The highest BCUT2D eigenvalue weighted by Crippen LogP contribution is 2.35. The van der Waals surface area contributed by atoms with Gasteiger partial charge in [-0.05, 0) is 53.3 Å². The van der Waals surface area contributed by atoms with Gasteiger partial charge in [0.05, 0.1) is 0 Å². The van der Waals surface area contributed by atoms with E-state index in [1.165, 1.54) is 28.7 Å². The molecular formula is C16H20N2S2. The van der Waals surface area contributed by atoms with Crippen LogP contribution in [-0.4, -0.2) is 17.5 Å². The van der Waals surface area contributed by atoms with E-state index in [2.05, 4.69) is 48.8 Å². The van der Waals surface area contributed by atoms with Crippen LogP contribution in [0.2, 0.25) is 0 Å². The zero-order chi connectivity index (χ0) is 14.0. The number of thioether (sulfide) groups is 1. The van der Waals surface area contributed by atoms with Gasteiger partial charge in [-0.1, -0.05) is 25.6 Å². The molecule has 4 heteroatoms. The summed E-state index contributed by atoms with van der Waals surface area (Å²) in [5, 5.41) is 7.97. The molecule has 0 aliphatic carbocycles. The molecule has 0 atom stereocenters. The molecule has 20 heavy (non-hydrogen) atoms. The van der Waals surface area contributed by atoms with Gasteiger partial charge in [0.1, 0.15) is 0 Å². The van der Waals surface area contributed by atoms with Crippen molar-refractivity contribution in [2.24, 2.45) is 10.4 Å². The second-order valence-corrected chi connectivity index (χ2v) is 7.33. The highest BCUT2D eigenvalue weighted by atomic mass is 32.2. The van der Waals surface area contributed by atoms with Crippen LogP contribution in [0.3, 0.4) is 0 Å². The minimum atomic E-state index is 0.410. The SMILES string of the molecule is CCC1(CC)CN=C(Nc2ccc3sccc3c2)SC1. The highest BCUT2D eigenvalue weighted by Gasteiger charge is 2.30. The molecule has 0 bridgehead atoms. The number of nitrogens with zero attached hydrogens (tertiary/aromatic N) is 1. The number of nitrogens with one attached hydrogen (secondary N) is 1. The van der Waals surface area contributed by atoms with Gasteiger partial charge in [-0.2, -0.15) is 0 Å². The van der Waals surface area contributed by atoms with Gasteiger partial charge in [0, 0.05) is 22.7 Å². The summed E-state index contributed by atoms with van der Waals surface area (Å²) in [6.45, 7) is 5.51. The molecule has 1 aromatic carbocycles. The Morgan fingerprint density at radius 1 is 1.25 bits per heavy atom. The van der Waals surface area contributed by atoms with Crippen molar-refractivity contribution >= 4 is 44.0 Å². The van der Waals surface area contributed by atoms with Crippen molar-refractivity contribution in [2.45, 2.75) is 26.7 Å². The summed E-state index contributed by atoms with van der Waals surface area (Å²) < 4.78 is 1.34. The summed E-state index contributed by atoms with van der Waals surface area (Å²) in [4.78, 5) is 4.76. The molecule has 2 aromatic rings. The molecule has 0 saturated heterocycles. The van der Waals surface area contributed by atoms with Crippen LogP contribution in [-0.2, 0) is 0 Å². The summed E-state index contributed by atoms with van der Waals surface area (Å²) >= 11 is 3.65. The number of benzene rings is 1. The van der Waals surface area contributed by atoms with Crippen molar-refractivity contribution in [2.75, 3.05) is 17.6 Å². The lowest BCUT2D eigenvalue weighted by atomic mass is 9.84. The average molecular weight is 304 g/mol. The van der Waals surface area contributed by atoms with E-state index in [1.807, 2.05) is 11.8 Å². The van der Waals surface area contributed by atoms with Crippen LogP contribution in [0, 0.1) is 5.41 Å². The molecule has 2 heterocycles. The first-order valence-electron chi connectivity index (χ1n) is 7.16. The van der Waals surface area contributed by atoms with Crippen LogP contribution in [0.15, 0.2) is 34.6 Å². The van der Waals surface area contributed by atoms with Gasteiger partial charge in [0.25, 0.3) is 0 Å². The van der Waals surface area contributed by atoms with Crippen LogP contribution >= 0.6 is 23.1 Å². The largest absolute Gasteiger partial charge is 0.335 e. The number of amidine groups is 1. The molecule has 106 valence electrons. The number of hydrogen-bond acceptors (Lipinski definition) is 4. The fourth-order valence-electron chi connectivity index (χ4n) is 2.47. The number of hydrogen-bond donors (Lipinski definition) is 1. The standard InChI is InChI=1S/C16H20N2S2/c1-3-16(4-2)10-17-15(20-11-16)18-13-5-6-14-12(9-13)7-8-19-14/h5-9H,3-4,10-11H2,1-2H3,(H,17,18). The van der Waals surface area contributed by atoms with Crippen molar-refractivity contribution in [1.29, 1.82) is 0 Å². The second-order valence-electron chi connectivity index (χ2n) is 5.42. The van der Waals surface area contributed by atoms with E-state index in [-0.39, 0.29) is 0 Å². The zero-order valence-corrected chi connectivity index (χ0v) is 13.6. The first-order valence-corrected chi connectivity index (χ1v) is 9.03. The normalized spacial score (nSPS) is 18.0. The molecule has 0 spiro atoms. The molecule has 0 unspecified atom stereocenters. The average Bonchev–Trinajstić information content (AvgIpc) is 2.96. The zero-order valence-electron chi connectivity index (χ0n) is 12.0. The van der Waals surface area contributed by atoms with Gasteiger partial charge in [0.2, 0.25) is 0 Å². The Morgan fingerprint density at radius 3 is 2.80 bits per heavy atom. The summed E-state index contributed by atoms with van der Waals surface area (Å²) in [7, 11) is 0. The molecule has 0 amide bonds. The number of fused-ring (bicyclic) bond motifs is 1. The third-order valence-corrected chi connectivity index (χ3v) is 6.44. The second kappa shape index (κ2) is 5.78. The molecule has 1 aliphatic rings. The minimum Gasteiger partial charge on any atom is -0.335 e. The van der Waals surface area contributed by atoms with Crippen molar-refractivity contribution in [1.82, 2.24) is 0 Å². The quantitative estimate of drug-likeness (QED) is 0.840. The van der Waals surface area contributed by atoms with Gasteiger partial charge in [-0.15, -0.1) is 11.3 Å². The maximum Gasteiger partial charge on any atom is 0.161 e. The fraction of sp³-hybridized carbons (Fsp3) is 0.438. The molecule has 0 fully saturated rings. The first-order chi connectivity index (χ1) is 9.74. The topological polar surface area (TPSA) is 24.4 Å². The van der Waals surface area contributed by atoms with Gasteiger partial charge >= 0.3 is 0 Å². The summed E-state index contributed by atoms with van der Waals surface area (Å²) in [6, 6.07) is 8.69. The molecular weight excluding hydrogens is 284 g/mol. The lowest BCUT2D eigenvalue weighted by Gasteiger charge is -2.33. The summed E-state index contributed by atoms with van der Waals surface area (Å²) in [5.74, 6) is 1.17. The predicted octanol–water partition coefficient (Wildman–Crippen LogP) is 5.22. The Bertz CT molecular complexity index is 626. The highest BCUT2D eigenvalue weighted by molar-refractivity contribution is 8.14. The monoisotopic (exact) mass is 304 g/mol. The number of thiophene rings is 1. The molecule has 0 saturated carbocycles. The Labute approximate surface area is 128 Å². The molecule has 3 rings (SSSR count). The first kappa shape index (κ1) is 14.0. The number of rotatable bonds is 3. The van der Waals surface area contributed by atoms with E-state index in [4.69, 9.17) is 4.99 Å². The number of aliphatic imine (C=N–C) groups is 1. The Morgan fingerprint density at radius 2 is 2.10 bits per heavy atom. The molecule has 1 N–H and O–H groups in total. The molecule has 0 radical (unpaired) electrons. The summed E-state index contributed by atoms with van der Waals surface area (Å²) in [6.07, 6.45) is 2.43. The van der Waals surface area contributed by atoms with Crippen molar-refractivity contribution in [3.8, 4) is 0 Å². The van der Waals surface area contributed by atoms with Crippen molar-refractivity contribution < 1.29 is 0 Å². The number of anilines is 1. The van der Waals surface area contributed by atoms with E-state index in [0.717, 1.165) is 17.4 Å². The van der Waals surface area contributed by atoms with Crippen molar-refractivity contribution in [3.63, 3.8) is 0 Å². The Hall–Kier alpha value is -1.00. The maximum absolute atomic E-state index is 4.76. The Kier molecular flexibility index (Phi) is 4.03. The maximum atomic E-state index is 4.76. The van der Waals surface area contributed by atoms with E-state index in [9.17, 15) is 0 Å². The van der Waals surface area contributed by atoms with Crippen LogP contribution in [0.5, 0.6) is 0 Å². The molecule has 1 aliphatic heterocycles. The fourth-order valence-corrected chi connectivity index (χ4v) is 4.53. The van der Waals surface area contributed by atoms with Crippen LogP contribution in [0.25, 0.3) is 10.1 Å². The van der Waals surface area contributed by atoms with E-state index < -0.39 is 0 Å². The van der Waals surface area contributed by atoms with E-state index >= 15 is 0 Å². The lowest BCUT2D eigenvalue weighted by Crippen LogP contribution is -2.32. The smallest absolute Gasteiger partial charge is 0.161 e.